The van der Waals surface area contributed by atoms with E-state index in [2.05, 4.69) is 27.7 Å². The number of para-hydroxylation sites is 1. The number of alkyl carbamates (subject to hydrolysis) is 1. The summed E-state index contributed by atoms with van der Waals surface area (Å²) in [6.45, 7) is 7.75. The number of piperidine rings is 1. The monoisotopic (exact) mass is 659 g/mol. The summed E-state index contributed by atoms with van der Waals surface area (Å²) in [5, 5.41) is 5.70. The van der Waals surface area contributed by atoms with Crippen LogP contribution >= 0.6 is 0 Å². The molecule has 48 heavy (non-hydrogen) atoms. The van der Waals surface area contributed by atoms with E-state index in [-0.39, 0.29) is 24.3 Å². The molecule has 0 atom stereocenters. The maximum Gasteiger partial charge on any atom is 0.407 e. The van der Waals surface area contributed by atoms with Crippen molar-refractivity contribution in [3.63, 3.8) is 0 Å². The molecule has 0 radical (unpaired) electrons. The molecule has 2 saturated heterocycles. The number of unbranched alkanes of at least 4 members (excludes halogenated alkanes) is 2. The Labute approximate surface area is 285 Å². The summed E-state index contributed by atoms with van der Waals surface area (Å²) in [6.07, 6.45) is 9.28. The fourth-order valence-corrected chi connectivity index (χ4v) is 7.31. The van der Waals surface area contributed by atoms with Crippen LogP contribution in [0.4, 0.5) is 10.5 Å². The maximum atomic E-state index is 14.1. The quantitative estimate of drug-likeness (QED) is 0.294. The zero-order chi connectivity index (χ0) is 34.1. The Hall–Kier alpha value is -4.08. The van der Waals surface area contributed by atoms with Crippen molar-refractivity contribution >= 4 is 29.5 Å². The minimum absolute atomic E-state index is 0.00797. The number of hydrogen-bond donors (Lipinski definition) is 2. The first-order valence-electron chi connectivity index (χ1n) is 17.8. The van der Waals surface area contributed by atoms with Crippen LogP contribution in [-0.4, -0.2) is 84.1 Å². The highest BCUT2D eigenvalue weighted by molar-refractivity contribution is 5.97. The van der Waals surface area contributed by atoms with Gasteiger partial charge in [0.15, 0.2) is 0 Å². The van der Waals surface area contributed by atoms with Gasteiger partial charge in [0.25, 0.3) is 11.8 Å². The largest absolute Gasteiger partial charge is 0.444 e. The number of amides is 4. The molecule has 2 aliphatic heterocycles. The Kier molecular flexibility index (Phi) is 11.7. The standard InChI is InChI=1S/C38H53N5O5/c1-37(2,3)48-36(47)40-24-12-6-11-23-39-33(44)27-42-28-43(32-15-9-5-10-16-32)38(35(42)46)21-25-41(26-22-38)34(45)31-19-17-30(18-20-31)29-13-7-4-8-14-29/h5,9-10,15-20,29H,4,6-8,11-14,21-28H2,1-3H3,(H,39,44)(H,40,47). The number of anilines is 1. The number of nitrogens with one attached hydrogen (secondary N) is 2. The lowest BCUT2D eigenvalue weighted by Crippen LogP contribution is -2.57. The predicted octanol–water partition coefficient (Wildman–Crippen LogP) is 5.83. The van der Waals surface area contributed by atoms with Crippen molar-refractivity contribution in [1.29, 1.82) is 0 Å². The van der Waals surface area contributed by atoms with Crippen LogP contribution < -0.4 is 15.5 Å². The molecule has 10 nitrogen and oxygen atoms in total. The van der Waals surface area contributed by atoms with Gasteiger partial charge in [-0.05, 0) is 101 Å². The molecule has 2 heterocycles. The zero-order valence-corrected chi connectivity index (χ0v) is 29.0. The van der Waals surface area contributed by atoms with Crippen LogP contribution in [0.15, 0.2) is 54.6 Å². The van der Waals surface area contributed by atoms with Gasteiger partial charge in [-0.3, -0.25) is 14.4 Å². The molecular weight excluding hydrogens is 606 g/mol. The molecule has 0 aromatic heterocycles. The second-order valence-electron chi connectivity index (χ2n) is 14.5. The van der Waals surface area contributed by atoms with Crippen molar-refractivity contribution in [2.45, 2.75) is 102 Å². The second-order valence-corrected chi connectivity index (χ2v) is 14.5. The smallest absolute Gasteiger partial charge is 0.407 e. The number of carbonyl (C=O) groups is 4. The van der Waals surface area contributed by atoms with Crippen LogP contribution in [0, 0.1) is 0 Å². The Balaban J connectivity index is 1.12. The van der Waals surface area contributed by atoms with Gasteiger partial charge in [0.05, 0.1) is 6.67 Å². The van der Waals surface area contributed by atoms with Gasteiger partial charge >= 0.3 is 6.09 Å². The maximum absolute atomic E-state index is 14.1. The molecule has 1 aliphatic carbocycles. The number of carbonyl (C=O) groups excluding carboxylic acids is 4. The molecule has 2 N–H and O–H groups in total. The highest BCUT2D eigenvalue weighted by Gasteiger charge is 2.54. The molecule has 4 amide bonds. The van der Waals surface area contributed by atoms with E-state index in [1.54, 1.807) is 4.90 Å². The molecule has 2 aromatic rings. The number of nitrogens with zero attached hydrogens (tertiary/aromatic N) is 3. The topological polar surface area (TPSA) is 111 Å². The fourth-order valence-electron chi connectivity index (χ4n) is 7.31. The Morgan fingerprint density at radius 3 is 2.15 bits per heavy atom. The number of benzene rings is 2. The summed E-state index contributed by atoms with van der Waals surface area (Å²) in [4.78, 5) is 58.0. The Morgan fingerprint density at radius 2 is 1.50 bits per heavy atom. The summed E-state index contributed by atoms with van der Waals surface area (Å²) in [5.41, 5.74) is 1.63. The van der Waals surface area contributed by atoms with E-state index < -0.39 is 17.2 Å². The molecular formula is C38H53N5O5. The van der Waals surface area contributed by atoms with Gasteiger partial charge in [0.2, 0.25) is 5.91 Å². The van der Waals surface area contributed by atoms with Crippen molar-refractivity contribution < 1.29 is 23.9 Å². The molecule has 260 valence electrons. The van der Waals surface area contributed by atoms with E-state index in [4.69, 9.17) is 4.74 Å². The molecule has 1 spiro atoms. The van der Waals surface area contributed by atoms with E-state index in [1.165, 1.54) is 37.7 Å². The minimum atomic E-state index is -0.801. The minimum Gasteiger partial charge on any atom is -0.444 e. The molecule has 0 unspecified atom stereocenters. The lowest BCUT2D eigenvalue weighted by molar-refractivity contribution is -0.137. The van der Waals surface area contributed by atoms with Crippen molar-refractivity contribution in [2.75, 3.05) is 44.3 Å². The summed E-state index contributed by atoms with van der Waals surface area (Å²) < 4.78 is 5.24. The number of likely N-dealkylation sites (tertiary alicyclic amines) is 1. The van der Waals surface area contributed by atoms with Crippen LogP contribution in [0.1, 0.15) is 107 Å². The van der Waals surface area contributed by atoms with Crippen molar-refractivity contribution in [3.05, 3.63) is 65.7 Å². The van der Waals surface area contributed by atoms with Crippen LogP contribution in [0.3, 0.4) is 0 Å². The first-order valence-corrected chi connectivity index (χ1v) is 17.8. The number of rotatable bonds is 11. The molecule has 3 aliphatic rings. The average Bonchev–Trinajstić information content (AvgIpc) is 3.34. The Bertz CT molecular complexity index is 1390. The third kappa shape index (κ3) is 8.88. The normalized spacial score (nSPS) is 18.2. The first-order chi connectivity index (χ1) is 23.1. The van der Waals surface area contributed by atoms with Gasteiger partial charge < -0.3 is 30.1 Å². The van der Waals surface area contributed by atoms with Crippen molar-refractivity contribution in [2.24, 2.45) is 0 Å². The van der Waals surface area contributed by atoms with Crippen LogP contribution in [-0.2, 0) is 14.3 Å². The third-order valence-corrected chi connectivity index (χ3v) is 9.87. The van der Waals surface area contributed by atoms with E-state index >= 15 is 0 Å². The fraction of sp³-hybridized carbons (Fsp3) is 0.579. The van der Waals surface area contributed by atoms with Crippen molar-refractivity contribution in [1.82, 2.24) is 20.4 Å². The van der Waals surface area contributed by atoms with E-state index in [0.29, 0.717) is 57.2 Å². The van der Waals surface area contributed by atoms with Gasteiger partial charge in [0, 0.05) is 37.4 Å². The lowest BCUT2D eigenvalue weighted by Gasteiger charge is -2.43. The summed E-state index contributed by atoms with van der Waals surface area (Å²) in [6, 6.07) is 18.1. The molecule has 0 bridgehead atoms. The molecule has 2 aromatic carbocycles. The van der Waals surface area contributed by atoms with Crippen LogP contribution in [0.25, 0.3) is 0 Å². The average molecular weight is 660 g/mol. The van der Waals surface area contributed by atoms with E-state index in [9.17, 15) is 19.2 Å². The van der Waals surface area contributed by atoms with E-state index in [1.807, 2.05) is 68.1 Å². The van der Waals surface area contributed by atoms with Gasteiger partial charge in [-0.15, -0.1) is 0 Å². The lowest BCUT2D eigenvalue weighted by atomic mass is 9.83. The van der Waals surface area contributed by atoms with E-state index in [0.717, 1.165) is 24.9 Å². The van der Waals surface area contributed by atoms with Gasteiger partial charge in [0.1, 0.15) is 17.7 Å². The zero-order valence-electron chi connectivity index (χ0n) is 29.0. The number of hydrogen-bond acceptors (Lipinski definition) is 6. The predicted molar refractivity (Wildman–Crippen MR) is 187 cm³/mol. The molecule has 10 heteroatoms. The van der Waals surface area contributed by atoms with Gasteiger partial charge in [-0.2, -0.15) is 0 Å². The highest BCUT2D eigenvalue weighted by atomic mass is 16.6. The van der Waals surface area contributed by atoms with Crippen molar-refractivity contribution in [3.8, 4) is 0 Å². The molecule has 1 saturated carbocycles. The first kappa shape index (κ1) is 35.2. The van der Waals surface area contributed by atoms with Crippen LogP contribution in [0.5, 0.6) is 0 Å². The SMILES string of the molecule is CC(C)(C)OC(=O)NCCCCCNC(=O)CN1CN(c2ccccc2)C2(CCN(C(=O)c3ccc(C4CCCCC4)cc3)CC2)C1=O. The highest BCUT2D eigenvalue weighted by Crippen LogP contribution is 2.40. The summed E-state index contributed by atoms with van der Waals surface area (Å²) in [5.74, 6) is 0.358. The second kappa shape index (κ2) is 15.9. The molecule has 3 fully saturated rings. The van der Waals surface area contributed by atoms with Gasteiger partial charge in [-0.1, -0.05) is 49.6 Å². The summed E-state index contributed by atoms with van der Waals surface area (Å²) >= 11 is 0. The Morgan fingerprint density at radius 1 is 0.854 bits per heavy atom. The van der Waals surface area contributed by atoms with Gasteiger partial charge in [-0.25, -0.2) is 4.79 Å². The third-order valence-electron chi connectivity index (χ3n) is 9.87. The molecule has 5 rings (SSSR count). The van der Waals surface area contributed by atoms with Crippen LogP contribution in [0.2, 0.25) is 0 Å². The summed E-state index contributed by atoms with van der Waals surface area (Å²) in [7, 11) is 0. The number of ether oxygens (including phenoxy) is 1.